The van der Waals surface area contributed by atoms with E-state index in [2.05, 4.69) is 10.6 Å². The third-order valence-electron chi connectivity index (χ3n) is 5.26. The number of anilines is 1. The topological polar surface area (TPSA) is 142 Å². The number of hydrogen-bond donors (Lipinski definition) is 4. The van der Waals surface area contributed by atoms with Crippen LogP contribution >= 0.6 is 0 Å². The molecule has 5 N–H and O–H groups in total. The Kier molecular flexibility index (Phi) is 5.02. The first kappa shape index (κ1) is 18.7. The van der Waals surface area contributed by atoms with Crippen molar-refractivity contribution in [2.45, 2.75) is 44.2 Å². The van der Waals surface area contributed by atoms with E-state index in [1.807, 2.05) is 0 Å². The molecule has 144 valence electrons. The van der Waals surface area contributed by atoms with Crippen molar-refractivity contribution in [2.75, 3.05) is 12.3 Å². The normalized spacial score (nSPS) is 21.8. The number of piperidine rings is 1. The van der Waals surface area contributed by atoms with E-state index in [1.165, 1.54) is 4.90 Å². The van der Waals surface area contributed by atoms with Crippen molar-refractivity contribution >= 4 is 29.5 Å². The number of carbonyl (C=O) groups is 4. The number of nitrogens with two attached hydrogens (primary N) is 1. The Balaban J connectivity index is 1.82. The molecule has 4 amide bonds. The van der Waals surface area contributed by atoms with Gasteiger partial charge in [-0.25, -0.2) is 4.79 Å². The SMILES string of the molecule is Nc1cccc2c1CN(C1(CCCCNC(=O)O)CCC(=O)NC1=O)C2=O. The van der Waals surface area contributed by atoms with E-state index in [0.717, 1.165) is 0 Å². The number of rotatable bonds is 6. The van der Waals surface area contributed by atoms with E-state index in [9.17, 15) is 19.2 Å². The molecule has 1 aromatic carbocycles. The maximum absolute atomic E-state index is 13.0. The molecular weight excluding hydrogens is 352 g/mol. The van der Waals surface area contributed by atoms with Crippen molar-refractivity contribution in [3.63, 3.8) is 0 Å². The zero-order valence-corrected chi connectivity index (χ0v) is 14.8. The minimum absolute atomic E-state index is 0.148. The molecule has 9 heteroatoms. The molecule has 0 spiro atoms. The van der Waals surface area contributed by atoms with Gasteiger partial charge in [0.2, 0.25) is 5.91 Å². The maximum atomic E-state index is 13.0. The van der Waals surface area contributed by atoms with Gasteiger partial charge in [-0.1, -0.05) is 6.07 Å². The fourth-order valence-corrected chi connectivity index (χ4v) is 3.81. The summed E-state index contributed by atoms with van der Waals surface area (Å²) in [5.74, 6) is -1.11. The number of carboxylic acid groups (broad SMARTS) is 1. The summed E-state index contributed by atoms with van der Waals surface area (Å²) in [6.07, 6.45) is 0.668. The van der Waals surface area contributed by atoms with E-state index in [4.69, 9.17) is 10.8 Å². The molecule has 1 fully saturated rings. The molecule has 1 atom stereocenters. The first-order chi connectivity index (χ1) is 12.8. The number of fused-ring (bicyclic) bond motifs is 1. The van der Waals surface area contributed by atoms with Gasteiger partial charge in [0.15, 0.2) is 0 Å². The van der Waals surface area contributed by atoms with Gasteiger partial charge in [0.1, 0.15) is 5.54 Å². The third kappa shape index (κ3) is 3.44. The number of amides is 4. The summed E-state index contributed by atoms with van der Waals surface area (Å²) in [5, 5.41) is 13.3. The largest absolute Gasteiger partial charge is 0.465 e. The second-order valence-electron chi connectivity index (χ2n) is 6.86. The Labute approximate surface area is 155 Å². The van der Waals surface area contributed by atoms with Crippen LogP contribution in [0.15, 0.2) is 18.2 Å². The van der Waals surface area contributed by atoms with Gasteiger partial charge in [0, 0.05) is 36.3 Å². The van der Waals surface area contributed by atoms with Crippen LogP contribution in [0.3, 0.4) is 0 Å². The van der Waals surface area contributed by atoms with Gasteiger partial charge in [0.25, 0.3) is 11.8 Å². The molecule has 1 unspecified atom stereocenters. The summed E-state index contributed by atoms with van der Waals surface area (Å²) in [6, 6.07) is 5.10. The lowest BCUT2D eigenvalue weighted by molar-refractivity contribution is -0.143. The fourth-order valence-electron chi connectivity index (χ4n) is 3.81. The van der Waals surface area contributed by atoms with E-state index >= 15 is 0 Å². The number of imide groups is 1. The summed E-state index contributed by atoms with van der Waals surface area (Å²) in [4.78, 5) is 49.5. The molecule has 9 nitrogen and oxygen atoms in total. The monoisotopic (exact) mass is 374 g/mol. The first-order valence-corrected chi connectivity index (χ1v) is 8.85. The molecule has 3 rings (SSSR count). The van der Waals surface area contributed by atoms with Crippen LogP contribution in [0.25, 0.3) is 0 Å². The van der Waals surface area contributed by atoms with Crippen LogP contribution in [-0.2, 0) is 16.1 Å². The predicted octanol–water partition coefficient (Wildman–Crippen LogP) is 0.838. The second-order valence-corrected chi connectivity index (χ2v) is 6.86. The molecule has 2 heterocycles. The zero-order valence-electron chi connectivity index (χ0n) is 14.8. The predicted molar refractivity (Wildman–Crippen MR) is 95.7 cm³/mol. The highest BCUT2D eigenvalue weighted by molar-refractivity contribution is 6.08. The number of nitrogens with zero attached hydrogens (tertiary/aromatic N) is 1. The summed E-state index contributed by atoms with van der Waals surface area (Å²) in [6.45, 7) is 0.475. The van der Waals surface area contributed by atoms with Crippen LogP contribution in [0.4, 0.5) is 10.5 Å². The van der Waals surface area contributed by atoms with Gasteiger partial charge in [-0.3, -0.25) is 19.7 Å². The van der Waals surface area contributed by atoms with Crippen LogP contribution in [0.2, 0.25) is 0 Å². The van der Waals surface area contributed by atoms with Crippen molar-refractivity contribution in [1.82, 2.24) is 15.5 Å². The number of hydrogen-bond acceptors (Lipinski definition) is 5. The Bertz CT molecular complexity index is 809. The fraction of sp³-hybridized carbons (Fsp3) is 0.444. The zero-order chi connectivity index (χ0) is 19.6. The minimum atomic E-state index is -1.14. The molecule has 1 aromatic rings. The highest BCUT2D eigenvalue weighted by Crippen LogP contribution is 2.39. The summed E-state index contributed by atoms with van der Waals surface area (Å²) in [5.41, 5.74) is 6.53. The van der Waals surface area contributed by atoms with E-state index in [0.29, 0.717) is 36.1 Å². The molecule has 0 saturated carbocycles. The van der Waals surface area contributed by atoms with Crippen LogP contribution in [0, 0.1) is 0 Å². The Morgan fingerprint density at radius 3 is 2.74 bits per heavy atom. The standard InChI is InChI=1S/C18H22N4O5/c19-13-5-3-4-11-12(13)10-22(15(11)24)18(7-1-2-9-20-17(26)27)8-6-14(23)21-16(18)25/h3-5,20H,1-2,6-10,19H2,(H,26,27)(H,21,23,25). The van der Waals surface area contributed by atoms with Crippen molar-refractivity contribution in [3.8, 4) is 0 Å². The maximum Gasteiger partial charge on any atom is 0.404 e. The van der Waals surface area contributed by atoms with Crippen molar-refractivity contribution in [1.29, 1.82) is 0 Å². The third-order valence-corrected chi connectivity index (χ3v) is 5.26. The average Bonchev–Trinajstić information content (AvgIpc) is 2.95. The molecule has 2 aliphatic heterocycles. The van der Waals surface area contributed by atoms with Crippen molar-refractivity contribution in [2.24, 2.45) is 0 Å². The lowest BCUT2D eigenvalue weighted by Gasteiger charge is -2.42. The number of carbonyl (C=O) groups excluding carboxylic acids is 3. The van der Waals surface area contributed by atoms with Crippen LogP contribution in [0.1, 0.15) is 48.0 Å². The number of unbranched alkanes of at least 4 members (excludes halogenated alkanes) is 1. The summed E-state index contributed by atoms with van der Waals surface area (Å²) >= 11 is 0. The Hall–Kier alpha value is -3.10. The molecule has 1 saturated heterocycles. The molecule has 0 bridgehead atoms. The van der Waals surface area contributed by atoms with Gasteiger partial charge >= 0.3 is 6.09 Å². The molecule has 2 aliphatic rings. The van der Waals surface area contributed by atoms with Gasteiger partial charge in [0.05, 0.1) is 0 Å². The molecular formula is C18H22N4O5. The van der Waals surface area contributed by atoms with Crippen molar-refractivity contribution in [3.05, 3.63) is 29.3 Å². The number of benzene rings is 1. The lowest BCUT2D eigenvalue weighted by atomic mass is 9.82. The first-order valence-electron chi connectivity index (χ1n) is 8.85. The average molecular weight is 374 g/mol. The van der Waals surface area contributed by atoms with Gasteiger partial charge < -0.3 is 21.1 Å². The van der Waals surface area contributed by atoms with E-state index in [1.54, 1.807) is 18.2 Å². The quantitative estimate of drug-likeness (QED) is 0.330. The molecule has 0 aliphatic carbocycles. The number of nitrogens with one attached hydrogen (secondary N) is 2. The summed E-state index contributed by atoms with van der Waals surface area (Å²) in [7, 11) is 0. The van der Waals surface area contributed by atoms with Crippen LogP contribution in [-0.4, -0.2) is 45.9 Å². The molecule has 27 heavy (non-hydrogen) atoms. The van der Waals surface area contributed by atoms with Crippen LogP contribution < -0.4 is 16.4 Å². The smallest absolute Gasteiger partial charge is 0.404 e. The Morgan fingerprint density at radius 1 is 1.30 bits per heavy atom. The second kappa shape index (κ2) is 7.26. The number of nitrogen functional groups attached to an aromatic ring is 1. The highest BCUT2D eigenvalue weighted by Gasteiger charge is 2.51. The highest BCUT2D eigenvalue weighted by atomic mass is 16.4. The lowest BCUT2D eigenvalue weighted by Crippen LogP contribution is -2.63. The van der Waals surface area contributed by atoms with Gasteiger partial charge in [-0.05, 0) is 37.8 Å². The molecule has 0 aromatic heterocycles. The van der Waals surface area contributed by atoms with Gasteiger partial charge in [-0.2, -0.15) is 0 Å². The van der Waals surface area contributed by atoms with Crippen molar-refractivity contribution < 1.29 is 24.3 Å². The Morgan fingerprint density at radius 2 is 2.07 bits per heavy atom. The van der Waals surface area contributed by atoms with Crippen LogP contribution in [0.5, 0.6) is 0 Å². The van der Waals surface area contributed by atoms with Gasteiger partial charge in [-0.15, -0.1) is 0 Å². The van der Waals surface area contributed by atoms with E-state index < -0.39 is 17.5 Å². The van der Waals surface area contributed by atoms with E-state index in [-0.39, 0.29) is 37.7 Å². The molecule has 0 radical (unpaired) electrons. The summed E-state index contributed by atoms with van der Waals surface area (Å²) < 4.78 is 0. The minimum Gasteiger partial charge on any atom is -0.465 e.